The van der Waals surface area contributed by atoms with Crippen LogP contribution >= 0.6 is 0 Å². The zero-order chi connectivity index (χ0) is 27.9. The Morgan fingerprint density at radius 1 is 0.333 bits per heavy atom. The molecule has 206 valence electrons. The van der Waals surface area contributed by atoms with Crippen molar-refractivity contribution in [2.24, 2.45) is 0 Å². The molecule has 8 aromatic carbocycles. The van der Waals surface area contributed by atoms with Crippen LogP contribution in [0.1, 0.15) is 17.5 Å². The van der Waals surface area contributed by atoms with E-state index in [2.05, 4.69) is 125 Å². The molecule has 0 atom stereocenters. The number of hydrogen-bond acceptors (Lipinski definition) is 3. The maximum atomic E-state index is 3.68. The van der Waals surface area contributed by atoms with Gasteiger partial charge in [0.15, 0.2) is 0 Å². The maximum absolute atomic E-state index is 3.68. The van der Waals surface area contributed by atoms with Gasteiger partial charge in [0, 0.05) is 26.2 Å². The van der Waals surface area contributed by atoms with Crippen LogP contribution in [-0.2, 0) is 13.1 Å². The van der Waals surface area contributed by atoms with Crippen LogP contribution in [0.15, 0.2) is 109 Å². The van der Waals surface area contributed by atoms with Crippen molar-refractivity contribution in [1.29, 1.82) is 0 Å². The summed E-state index contributed by atoms with van der Waals surface area (Å²) in [6, 6.07) is 40.5. The van der Waals surface area contributed by atoms with E-state index in [9.17, 15) is 0 Å². The third-order valence-corrected chi connectivity index (χ3v) is 9.05. The molecule has 42 heavy (non-hydrogen) atoms. The minimum absolute atomic E-state index is 0.886. The molecule has 0 saturated heterocycles. The zero-order valence-corrected chi connectivity index (χ0v) is 23.8. The molecule has 3 N–H and O–H groups in total. The van der Waals surface area contributed by atoms with E-state index in [0.717, 1.165) is 45.7 Å². The highest BCUT2D eigenvalue weighted by Crippen LogP contribution is 2.37. The van der Waals surface area contributed by atoms with Crippen LogP contribution in [0.4, 0.5) is 0 Å². The minimum atomic E-state index is 0.886. The summed E-state index contributed by atoms with van der Waals surface area (Å²) in [5.74, 6) is 0. The number of rotatable bonds is 11. The first-order valence-corrected chi connectivity index (χ1v) is 15.3. The van der Waals surface area contributed by atoms with Gasteiger partial charge in [0.2, 0.25) is 0 Å². The smallest absolute Gasteiger partial charge is 0.0212 e. The highest BCUT2D eigenvalue weighted by molar-refractivity contribution is 6.24. The Labute approximate surface area is 246 Å². The van der Waals surface area contributed by atoms with E-state index in [0.29, 0.717) is 0 Å². The molecule has 0 heterocycles. The first-order chi connectivity index (χ1) is 20.8. The van der Waals surface area contributed by atoms with Crippen molar-refractivity contribution in [2.45, 2.75) is 19.5 Å². The minimum Gasteiger partial charge on any atom is -0.315 e. The van der Waals surface area contributed by atoms with Gasteiger partial charge in [-0.2, -0.15) is 0 Å². The Balaban J connectivity index is 0.816. The third-order valence-electron chi connectivity index (χ3n) is 9.05. The molecule has 0 amide bonds. The van der Waals surface area contributed by atoms with Crippen LogP contribution < -0.4 is 16.0 Å². The van der Waals surface area contributed by atoms with Crippen molar-refractivity contribution in [3.63, 3.8) is 0 Å². The van der Waals surface area contributed by atoms with Crippen molar-refractivity contribution < 1.29 is 0 Å². The second-order valence-electron chi connectivity index (χ2n) is 11.6. The Hall–Kier alpha value is -4.28. The fraction of sp³-hybridized carbons (Fsp3) is 0.179. The van der Waals surface area contributed by atoms with Crippen molar-refractivity contribution in [3.05, 3.63) is 120 Å². The molecule has 0 bridgehead atoms. The summed E-state index contributed by atoms with van der Waals surface area (Å²) >= 11 is 0. The van der Waals surface area contributed by atoms with E-state index in [1.807, 2.05) is 0 Å². The van der Waals surface area contributed by atoms with Gasteiger partial charge < -0.3 is 16.0 Å². The van der Waals surface area contributed by atoms with E-state index < -0.39 is 0 Å². The molecule has 0 fully saturated rings. The lowest BCUT2D eigenvalue weighted by molar-refractivity contribution is 0.573. The van der Waals surface area contributed by atoms with Crippen LogP contribution in [0.3, 0.4) is 0 Å². The Morgan fingerprint density at radius 2 is 0.714 bits per heavy atom. The predicted octanol–water partition coefficient (Wildman–Crippen LogP) is 8.34. The first kappa shape index (κ1) is 25.4. The molecular weight excluding hydrogens is 510 g/mol. The first-order valence-electron chi connectivity index (χ1n) is 15.3. The van der Waals surface area contributed by atoms with Gasteiger partial charge in [0.25, 0.3) is 0 Å². The fourth-order valence-corrected chi connectivity index (χ4v) is 6.99. The second kappa shape index (κ2) is 10.8. The average Bonchev–Trinajstić information content (AvgIpc) is 3.04. The molecule has 0 spiro atoms. The molecule has 8 rings (SSSR count). The summed E-state index contributed by atoms with van der Waals surface area (Å²) in [6.45, 7) is 5.74. The van der Waals surface area contributed by atoms with E-state index in [-0.39, 0.29) is 0 Å². The number of benzene rings is 8. The summed E-state index contributed by atoms with van der Waals surface area (Å²) < 4.78 is 0. The summed E-state index contributed by atoms with van der Waals surface area (Å²) in [5, 5.41) is 27.2. The molecule has 0 unspecified atom stereocenters. The van der Waals surface area contributed by atoms with E-state index >= 15 is 0 Å². The summed E-state index contributed by atoms with van der Waals surface area (Å²) in [4.78, 5) is 0. The van der Waals surface area contributed by atoms with Crippen molar-refractivity contribution in [1.82, 2.24) is 16.0 Å². The second-order valence-corrected chi connectivity index (χ2v) is 11.6. The van der Waals surface area contributed by atoms with Gasteiger partial charge >= 0.3 is 0 Å². The molecule has 0 aromatic heterocycles. The molecule has 3 nitrogen and oxygen atoms in total. The molecule has 0 aliphatic rings. The van der Waals surface area contributed by atoms with Crippen LogP contribution in [0.5, 0.6) is 0 Å². The van der Waals surface area contributed by atoms with E-state index in [1.165, 1.54) is 75.8 Å². The van der Waals surface area contributed by atoms with E-state index in [1.54, 1.807) is 0 Å². The van der Waals surface area contributed by atoms with Crippen LogP contribution in [0.2, 0.25) is 0 Å². The zero-order valence-electron chi connectivity index (χ0n) is 23.8. The standard InChI is InChI=1S/C39H35N3/c1-4-26-8-10-30-12-14-32(34-18-16-28(6-1)36(26)38(30)34)24-41-21-3-20-40-22-23-42-25-33-15-13-31-11-9-27-5-2-7-29-17-19-35(33)39(31)37(27)29/h1-2,4-19,40-42H,3,20-25H2. The molecule has 0 saturated carbocycles. The van der Waals surface area contributed by atoms with Crippen molar-refractivity contribution >= 4 is 64.6 Å². The Bertz CT molecular complexity index is 1970. The topological polar surface area (TPSA) is 36.1 Å². The van der Waals surface area contributed by atoms with Gasteiger partial charge in [-0.15, -0.1) is 0 Å². The third kappa shape index (κ3) is 4.42. The lowest BCUT2D eigenvalue weighted by Gasteiger charge is -2.15. The van der Waals surface area contributed by atoms with Gasteiger partial charge in [-0.25, -0.2) is 0 Å². The molecule has 0 radical (unpaired) electrons. The predicted molar refractivity (Wildman–Crippen MR) is 181 cm³/mol. The number of hydrogen-bond donors (Lipinski definition) is 3. The molecule has 0 aliphatic heterocycles. The molecule has 3 heteroatoms. The number of nitrogens with one attached hydrogen (secondary N) is 3. The molecule has 0 aliphatic carbocycles. The lowest BCUT2D eigenvalue weighted by atomic mass is 9.92. The van der Waals surface area contributed by atoms with Gasteiger partial charge in [0.1, 0.15) is 0 Å². The van der Waals surface area contributed by atoms with Gasteiger partial charge in [-0.1, -0.05) is 109 Å². The molecule has 8 aromatic rings. The largest absolute Gasteiger partial charge is 0.315 e. The van der Waals surface area contributed by atoms with Crippen molar-refractivity contribution in [3.8, 4) is 0 Å². The SMILES string of the molecule is c1cc2ccc3ccc(CNCCCNCCNCc4ccc5ccc6cccc7ccc4c5c67)c4ccc(c1)c2c34. The Morgan fingerprint density at radius 3 is 1.24 bits per heavy atom. The maximum Gasteiger partial charge on any atom is 0.0212 e. The highest BCUT2D eigenvalue weighted by atomic mass is 14.9. The van der Waals surface area contributed by atoms with Crippen LogP contribution in [0, 0.1) is 0 Å². The normalized spacial score (nSPS) is 12.3. The van der Waals surface area contributed by atoms with Crippen LogP contribution in [-0.4, -0.2) is 26.2 Å². The average molecular weight is 546 g/mol. The Kier molecular flexibility index (Phi) is 6.57. The van der Waals surface area contributed by atoms with Gasteiger partial charge in [-0.05, 0) is 95.3 Å². The quantitative estimate of drug-likeness (QED) is 0.113. The highest BCUT2D eigenvalue weighted by Gasteiger charge is 2.12. The fourth-order valence-electron chi connectivity index (χ4n) is 6.99. The van der Waals surface area contributed by atoms with Crippen LogP contribution in [0.25, 0.3) is 64.6 Å². The van der Waals surface area contributed by atoms with Gasteiger partial charge in [-0.3, -0.25) is 0 Å². The molecular formula is C39H35N3. The van der Waals surface area contributed by atoms with Crippen molar-refractivity contribution in [2.75, 3.05) is 26.2 Å². The van der Waals surface area contributed by atoms with Gasteiger partial charge in [0.05, 0.1) is 0 Å². The summed E-state index contributed by atoms with van der Waals surface area (Å²) in [7, 11) is 0. The lowest BCUT2D eigenvalue weighted by Crippen LogP contribution is -2.29. The van der Waals surface area contributed by atoms with E-state index in [4.69, 9.17) is 0 Å². The summed E-state index contributed by atoms with van der Waals surface area (Å²) in [6.07, 6.45) is 1.11. The monoisotopic (exact) mass is 545 g/mol. The summed E-state index contributed by atoms with van der Waals surface area (Å²) in [5.41, 5.74) is 2.75.